The number of rotatable bonds is 6. The number of benzene rings is 6. The van der Waals surface area contributed by atoms with Crippen LogP contribution in [0.4, 0.5) is 0 Å². The van der Waals surface area contributed by atoms with Crippen LogP contribution in [0.3, 0.4) is 0 Å². The van der Waals surface area contributed by atoms with E-state index in [0.29, 0.717) is 11.1 Å². The SMILES string of the molecule is CC(C)c1cc(-c2ccc(-c3ccccc3)cc2)cc(C(C)C)c1-n1c(-c2ccc(C#N)c3c2oc2cc(C(C)(C)C)ccc23)nc2ccccc21. The summed E-state index contributed by atoms with van der Waals surface area (Å²) in [4.78, 5) is 5.33. The van der Waals surface area contributed by atoms with Crippen LogP contribution in [-0.2, 0) is 5.41 Å². The summed E-state index contributed by atoms with van der Waals surface area (Å²) in [5, 5.41) is 12.1. The Morgan fingerprint density at radius 1 is 0.673 bits per heavy atom. The fraction of sp³-hybridized carbons (Fsp3) is 0.208. The number of hydrogen-bond donors (Lipinski definition) is 0. The van der Waals surface area contributed by atoms with Crippen LogP contribution in [-0.4, -0.2) is 9.55 Å². The molecular weight excluding hydrogens is 635 g/mol. The van der Waals surface area contributed by atoms with Crippen molar-refractivity contribution >= 4 is 33.0 Å². The third-order valence-corrected chi connectivity index (χ3v) is 10.4. The maximum absolute atomic E-state index is 10.3. The lowest BCUT2D eigenvalue weighted by molar-refractivity contribution is 0.587. The van der Waals surface area contributed by atoms with Crippen LogP contribution in [0.5, 0.6) is 0 Å². The minimum absolute atomic E-state index is 0.0430. The van der Waals surface area contributed by atoms with Crippen molar-refractivity contribution < 1.29 is 4.42 Å². The molecule has 0 spiro atoms. The molecule has 0 aliphatic carbocycles. The number of fused-ring (bicyclic) bond motifs is 4. The lowest BCUT2D eigenvalue weighted by atomic mass is 9.86. The molecule has 0 atom stereocenters. The van der Waals surface area contributed by atoms with Crippen LogP contribution >= 0.6 is 0 Å². The Morgan fingerprint density at radius 2 is 1.29 bits per heavy atom. The molecule has 52 heavy (non-hydrogen) atoms. The highest BCUT2D eigenvalue weighted by atomic mass is 16.3. The first-order chi connectivity index (χ1) is 25.0. The molecule has 0 saturated carbocycles. The summed E-state index contributed by atoms with van der Waals surface area (Å²) in [6.45, 7) is 15.7. The maximum atomic E-state index is 10.3. The van der Waals surface area contributed by atoms with E-state index in [4.69, 9.17) is 9.40 Å². The van der Waals surface area contributed by atoms with Gasteiger partial charge in [0, 0.05) is 10.8 Å². The Morgan fingerprint density at radius 3 is 1.92 bits per heavy atom. The van der Waals surface area contributed by atoms with Crippen molar-refractivity contribution in [3.05, 3.63) is 144 Å². The molecule has 0 bridgehead atoms. The highest BCUT2D eigenvalue weighted by Gasteiger charge is 2.27. The van der Waals surface area contributed by atoms with E-state index >= 15 is 0 Å². The first kappa shape index (κ1) is 33.2. The van der Waals surface area contributed by atoms with Crippen molar-refractivity contribution in [3.8, 4) is 45.4 Å². The predicted octanol–water partition coefficient (Wildman–Crippen LogP) is 13.3. The second-order valence-electron chi connectivity index (χ2n) is 15.6. The third-order valence-electron chi connectivity index (χ3n) is 10.4. The van der Waals surface area contributed by atoms with Gasteiger partial charge >= 0.3 is 0 Å². The Hall–Kier alpha value is -5.92. The molecular formula is C48H43N3O. The average molecular weight is 678 g/mol. The van der Waals surface area contributed by atoms with Gasteiger partial charge in [-0.15, -0.1) is 0 Å². The second kappa shape index (κ2) is 12.7. The lowest BCUT2D eigenvalue weighted by Crippen LogP contribution is -2.10. The number of imidazole rings is 1. The van der Waals surface area contributed by atoms with E-state index in [1.54, 1.807) is 0 Å². The van der Waals surface area contributed by atoms with E-state index < -0.39 is 0 Å². The Labute approximate surface area is 306 Å². The molecule has 8 rings (SSSR count). The van der Waals surface area contributed by atoms with Gasteiger partial charge in [0.1, 0.15) is 17.0 Å². The van der Waals surface area contributed by atoms with Crippen molar-refractivity contribution in [2.45, 2.75) is 65.7 Å². The minimum atomic E-state index is -0.0430. The van der Waals surface area contributed by atoms with Crippen LogP contribution in [0.15, 0.2) is 126 Å². The van der Waals surface area contributed by atoms with E-state index in [1.807, 2.05) is 18.2 Å². The van der Waals surface area contributed by atoms with Gasteiger partial charge in [0.25, 0.3) is 0 Å². The fourth-order valence-electron chi connectivity index (χ4n) is 7.52. The summed E-state index contributed by atoms with van der Waals surface area (Å²) in [7, 11) is 0. The van der Waals surface area contributed by atoms with Gasteiger partial charge in [0.15, 0.2) is 0 Å². The monoisotopic (exact) mass is 677 g/mol. The predicted molar refractivity (Wildman–Crippen MR) is 216 cm³/mol. The van der Waals surface area contributed by atoms with Crippen LogP contribution in [0.1, 0.15) is 82.6 Å². The van der Waals surface area contributed by atoms with E-state index in [0.717, 1.165) is 44.5 Å². The molecule has 2 heterocycles. The summed E-state index contributed by atoms with van der Waals surface area (Å²) in [5.74, 6) is 1.26. The normalized spacial score (nSPS) is 12.1. The standard InChI is InChI=1S/C48H43N3O/c1-29(2)39-25-35(33-19-17-32(18-20-33)31-13-9-8-10-14-31)26-40(30(3)4)45(39)51-42-16-12-11-15-41(42)50-47(51)38-23-21-34(28-49)44-37-24-22-36(48(5,6)7)27-43(37)52-46(38)44/h8-27,29-30H,1-7H3. The Balaban J connectivity index is 1.39. The van der Waals surface area contributed by atoms with Gasteiger partial charge in [-0.3, -0.25) is 4.57 Å². The largest absolute Gasteiger partial charge is 0.455 e. The molecule has 0 unspecified atom stereocenters. The molecule has 256 valence electrons. The molecule has 0 saturated heterocycles. The third kappa shape index (κ3) is 5.58. The van der Waals surface area contributed by atoms with Crippen LogP contribution in [0, 0.1) is 11.3 Å². The zero-order valence-corrected chi connectivity index (χ0v) is 31.0. The van der Waals surface area contributed by atoms with Crippen LogP contribution in [0.25, 0.3) is 72.3 Å². The highest BCUT2D eigenvalue weighted by molar-refractivity contribution is 6.12. The fourth-order valence-corrected chi connectivity index (χ4v) is 7.52. The molecule has 0 aliphatic rings. The van der Waals surface area contributed by atoms with Crippen molar-refractivity contribution in [1.29, 1.82) is 5.26 Å². The molecule has 0 amide bonds. The number of hydrogen-bond acceptors (Lipinski definition) is 3. The topological polar surface area (TPSA) is 54.8 Å². The number of aromatic nitrogens is 2. The molecule has 0 fully saturated rings. The summed E-state index contributed by atoms with van der Waals surface area (Å²) in [5.41, 5.74) is 14.5. The maximum Gasteiger partial charge on any atom is 0.149 e. The molecule has 0 aliphatic heterocycles. The van der Waals surface area contributed by atoms with Crippen molar-refractivity contribution in [1.82, 2.24) is 9.55 Å². The Kier molecular flexibility index (Phi) is 8.11. The van der Waals surface area contributed by atoms with Crippen molar-refractivity contribution in [2.75, 3.05) is 0 Å². The van der Waals surface area contributed by atoms with E-state index in [2.05, 4.69) is 162 Å². The summed E-state index contributed by atoms with van der Waals surface area (Å²) in [6.07, 6.45) is 0. The Bertz CT molecular complexity index is 2630. The number of furan rings is 1. The quantitative estimate of drug-likeness (QED) is 0.176. The molecule has 4 nitrogen and oxygen atoms in total. The van der Waals surface area contributed by atoms with Gasteiger partial charge in [-0.1, -0.05) is 127 Å². The molecule has 8 aromatic rings. The highest BCUT2D eigenvalue weighted by Crippen LogP contribution is 2.44. The summed E-state index contributed by atoms with van der Waals surface area (Å²) < 4.78 is 9.12. The van der Waals surface area contributed by atoms with Gasteiger partial charge in [-0.25, -0.2) is 4.98 Å². The zero-order valence-electron chi connectivity index (χ0n) is 31.0. The number of para-hydroxylation sites is 2. The molecule has 2 aromatic heterocycles. The molecule has 0 radical (unpaired) electrons. The van der Waals surface area contributed by atoms with Gasteiger partial charge in [-0.2, -0.15) is 5.26 Å². The minimum Gasteiger partial charge on any atom is -0.455 e. The smallest absolute Gasteiger partial charge is 0.149 e. The summed E-state index contributed by atoms with van der Waals surface area (Å²) in [6, 6.07) is 45.3. The molecule has 4 heteroatoms. The van der Waals surface area contributed by atoms with Gasteiger partial charge in [0.2, 0.25) is 0 Å². The van der Waals surface area contributed by atoms with E-state index in [-0.39, 0.29) is 17.3 Å². The van der Waals surface area contributed by atoms with Crippen LogP contribution < -0.4 is 0 Å². The van der Waals surface area contributed by atoms with Gasteiger partial charge < -0.3 is 4.42 Å². The first-order valence-electron chi connectivity index (χ1n) is 18.2. The van der Waals surface area contributed by atoms with Crippen LogP contribution in [0.2, 0.25) is 0 Å². The van der Waals surface area contributed by atoms with Gasteiger partial charge in [-0.05, 0) is 98.7 Å². The lowest BCUT2D eigenvalue weighted by Gasteiger charge is -2.24. The second-order valence-corrected chi connectivity index (χ2v) is 15.6. The first-order valence-corrected chi connectivity index (χ1v) is 18.2. The zero-order chi connectivity index (χ0) is 36.3. The summed E-state index contributed by atoms with van der Waals surface area (Å²) >= 11 is 0. The van der Waals surface area contributed by atoms with Crippen molar-refractivity contribution in [2.24, 2.45) is 0 Å². The number of nitriles is 1. The average Bonchev–Trinajstić information content (AvgIpc) is 3.73. The van der Waals surface area contributed by atoms with E-state index in [9.17, 15) is 5.26 Å². The van der Waals surface area contributed by atoms with Crippen molar-refractivity contribution in [3.63, 3.8) is 0 Å². The number of nitrogens with zero attached hydrogens (tertiary/aromatic N) is 3. The molecule has 6 aromatic carbocycles. The van der Waals surface area contributed by atoms with Gasteiger partial charge in [0.05, 0.1) is 33.9 Å². The van der Waals surface area contributed by atoms with E-state index in [1.165, 1.54) is 38.9 Å². The molecule has 0 N–H and O–H groups in total.